The maximum absolute atomic E-state index is 12.0. The molecule has 1 amide bonds. The van der Waals surface area contributed by atoms with Crippen molar-refractivity contribution in [1.82, 2.24) is 4.90 Å². The molecule has 0 aromatic heterocycles. The van der Waals surface area contributed by atoms with Crippen molar-refractivity contribution in [2.45, 2.75) is 51.5 Å². The Balaban J connectivity index is 2.57. The van der Waals surface area contributed by atoms with Gasteiger partial charge in [-0.25, -0.2) is 0 Å². The van der Waals surface area contributed by atoms with Gasteiger partial charge in [0.25, 0.3) is 0 Å². The van der Waals surface area contributed by atoms with Gasteiger partial charge in [-0.1, -0.05) is 20.8 Å². The summed E-state index contributed by atoms with van der Waals surface area (Å²) in [6, 6.07) is 0. The minimum absolute atomic E-state index is 0.0230. The Morgan fingerprint density at radius 1 is 1.53 bits per heavy atom. The van der Waals surface area contributed by atoms with Gasteiger partial charge >= 0.3 is 0 Å². The molecule has 0 unspecified atom stereocenters. The van der Waals surface area contributed by atoms with Gasteiger partial charge in [0.05, 0.1) is 6.10 Å². The van der Waals surface area contributed by atoms with E-state index in [1.807, 2.05) is 11.8 Å². The number of aliphatic hydroxyl groups is 1. The van der Waals surface area contributed by atoms with E-state index in [2.05, 4.69) is 13.8 Å². The summed E-state index contributed by atoms with van der Waals surface area (Å²) >= 11 is 5.99. The van der Waals surface area contributed by atoms with E-state index in [4.69, 9.17) is 11.6 Å². The van der Waals surface area contributed by atoms with Crippen LogP contribution in [0.5, 0.6) is 0 Å². The lowest BCUT2D eigenvalue weighted by Gasteiger charge is -2.37. The van der Waals surface area contributed by atoms with Crippen molar-refractivity contribution in [2.75, 3.05) is 13.1 Å². The molecule has 0 radical (unpaired) electrons. The second kappa shape index (κ2) is 6.60. The van der Waals surface area contributed by atoms with Gasteiger partial charge in [0.1, 0.15) is 5.38 Å². The van der Waals surface area contributed by atoms with E-state index in [0.29, 0.717) is 31.8 Å². The first kappa shape index (κ1) is 14.8. The Labute approximate surface area is 109 Å². The second-order valence-electron chi connectivity index (χ2n) is 5.41. The lowest BCUT2D eigenvalue weighted by molar-refractivity contribution is -0.134. The molecule has 0 aromatic rings. The van der Waals surface area contributed by atoms with Crippen molar-refractivity contribution in [3.8, 4) is 0 Å². The van der Waals surface area contributed by atoms with Crippen LogP contribution in [0.4, 0.5) is 0 Å². The van der Waals surface area contributed by atoms with Crippen LogP contribution in [0.15, 0.2) is 0 Å². The van der Waals surface area contributed by atoms with Crippen LogP contribution in [0.1, 0.15) is 40.0 Å². The molecule has 100 valence electrons. The summed E-state index contributed by atoms with van der Waals surface area (Å²) in [5, 5.41) is 9.53. The largest absolute Gasteiger partial charge is 0.393 e. The SMILES string of the molecule is CC[C@H](Cl)C(=O)N1CC[C@@H](O)[C@H](CC(C)C)C1. The molecule has 0 bridgehead atoms. The third kappa shape index (κ3) is 4.14. The minimum atomic E-state index is -0.412. The number of nitrogens with zero attached hydrogens (tertiary/aromatic N) is 1. The summed E-state index contributed by atoms with van der Waals surface area (Å²) in [7, 11) is 0. The van der Waals surface area contributed by atoms with E-state index in [9.17, 15) is 9.90 Å². The number of likely N-dealkylation sites (tertiary alicyclic amines) is 1. The Kier molecular flexibility index (Phi) is 5.74. The maximum Gasteiger partial charge on any atom is 0.240 e. The molecule has 3 nitrogen and oxygen atoms in total. The van der Waals surface area contributed by atoms with E-state index < -0.39 is 5.38 Å². The number of carbonyl (C=O) groups excluding carboxylic acids is 1. The Hall–Kier alpha value is -0.280. The van der Waals surface area contributed by atoms with Crippen molar-refractivity contribution in [3.05, 3.63) is 0 Å². The van der Waals surface area contributed by atoms with Crippen LogP contribution in [0.25, 0.3) is 0 Å². The monoisotopic (exact) mass is 261 g/mol. The molecule has 1 N–H and O–H groups in total. The van der Waals surface area contributed by atoms with Gasteiger partial charge in [0, 0.05) is 19.0 Å². The van der Waals surface area contributed by atoms with Crippen LogP contribution in [0.2, 0.25) is 0 Å². The highest BCUT2D eigenvalue weighted by molar-refractivity contribution is 6.30. The summed E-state index contributed by atoms with van der Waals surface area (Å²) in [6.45, 7) is 7.49. The maximum atomic E-state index is 12.0. The molecule has 1 aliphatic heterocycles. The van der Waals surface area contributed by atoms with E-state index in [0.717, 1.165) is 6.42 Å². The van der Waals surface area contributed by atoms with Crippen LogP contribution < -0.4 is 0 Å². The summed E-state index contributed by atoms with van der Waals surface area (Å²) in [5.41, 5.74) is 0. The molecule has 1 fully saturated rings. The number of rotatable bonds is 4. The average molecular weight is 262 g/mol. The summed E-state index contributed by atoms with van der Waals surface area (Å²) in [4.78, 5) is 13.8. The highest BCUT2D eigenvalue weighted by Gasteiger charge is 2.32. The molecule has 17 heavy (non-hydrogen) atoms. The summed E-state index contributed by atoms with van der Waals surface area (Å²) in [6.07, 6.45) is 2.03. The van der Waals surface area contributed by atoms with Crippen molar-refractivity contribution < 1.29 is 9.90 Å². The molecule has 4 heteroatoms. The zero-order valence-electron chi connectivity index (χ0n) is 11.0. The van der Waals surface area contributed by atoms with Crippen molar-refractivity contribution in [3.63, 3.8) is 0 Å². The smallest absolute Gasteiger partial charge is 0.240 e. The lowest BCUT2D eigenvalue weighted by Crippen LogP contribution is -2.48. The molecular weight excluding hydrogens is 238 g/mol. The number of amides is 1. The molecule has 3 atom stereocenters. The van der Waals surface area contributed by atoms with Crippen molar-refractivity contribution in [1.29, 1.82) is 0 Å². The number of aliphatic hydroxyl groups excluding tert-OH is 1. The average Bonchev–Trinajstić information content (AvgIpc) is 2.29. The quantitative estimate of drug-likeness (QED) is 0.789. The predicted molar refractivity (Wildman–Crippen MR) is 70.1 cm³/mol. The molecule has 1 aliphatic rings. The van der Waals surface area contributed by atoms with E-state index >= 15 is 0 Å². The number of hydrogen-bond donors (Lipinski definition) is 1. The van der Waals surface area contributed by atoms with Crippen LogP contribution in [-0.2, 0) is 4.79 Å². The van der Waals surface area contributed by atoms with Crippen LogP contribution in [-0.4, -0.2) is 40.5 Å². The highest BCUT2D eigenvalue weighted by atomic mass is 35.5. The molecule has 0 aromatic carbocycles. The van der Waals surface area contributed by atoms with Crippen LogP contribution in [0, 0.1) is 11.8 Å². The first-order valence-electron chi connectivity index (χ1n) is 6.56. The van der Waals surface area contributed by atoms with Crippen LogP contribution >= 0.6 is 11.6 Å². The fourth-order valence-corrected chi connectivity index (χ4v) is 2.57. The van der Waals surface area contributed by atoms with E-state index in [1.165, 1.54) is 0 Å². The standard InChI is InChI=1S/C13H24ClNO2/c1-4-11(14)13(17)15-6-5-12(16)10(8-15)7-9(2)3/h9-12,16H,4-8H2,1-3H3/t10-,11+,12-/m1/s1. The number of halogens is 1. The van der Waals surface area contributed by atoms with Crippen LogP contribution in [0.3, 0.4) is 0 Å². The fraction of sp³-hybridized carbons (Fsp3) is 0.923. The molecule has 0 saturated carbocycles. The molecule has 1 rings (SSSR count). The third-order valence-electron chi connectivity index (χ3n) is 3.41. The Bertz CT molecular complexity index is 258. The third-order valence-corrected chi connectivity index (χ3v) is 3.90. The second-order valence-corrected chi connectivity index (χ2v) is 5.93. The van der Waals surface area contributed by atoms with Gasteiger partial charge in [0.15, 0.2) is 0 Å². The minimum Gasteiger partial charge on any atom is -0.393 e. The topological polar surface area (TPSA) is 40.5 Å². The number of hydrogen-bond acceptors (Lipinski definition) is 2. The molecule has 0 aliphatic carbocycles. The zero-order chi connectivity index (χ0) is 13.0. The Morgan fingerprint density at radius 3 is 2.71 bits per heavy atom. The molecule has 0 spiro atoms. The predicted octanol–water partition coefficient (Wildman–Crippen LogP) is 2.26. The van der Waals surface area contributed by atoms with Gasteiger partial charge in [-0.05, 0) is 25.2 Å². The molecular formula is C13H24ClNO2. The number of piperidine rings is 1. The summed E-state index contributed by atoms with van der Waals surface area (Å²) < 4.78 is 0. The first-order valence-corrected chi connectivity index (χ1v) is 7.00. The van der Waals surface area contributed by atoms with Crippen molar-refractivity contribution in [2.24, 2.45) is 11.8 Å². The lowest BCUT2D eigenvalue weighted by atomic mass is 9.87. The fourth-order valence-electron chi connectivity index (χ4n) is 2.43. The van der Waals surface area contributed by atoms with Gasteiger partial charge in [-0.15, -0.1) is 11.6 Å². The highest BCUT2D eigenvalue weighted by Crippen LogP contribution is 2.25. The van der Waals surface area contributed by atoms with Gasteiger partial charge in [-0.2, -0.15) is 0 Å². The van der Waals surface area contributed by atoms with Gasteiger partial charge < -0.3 is 10.0 Å². The number of alkyl halides is 1. The molecule has 1 heterocycles. The van der Waals surface area contributed by atoms with Gasteiger partial charge in [-0.3, -0.25) is 4.79 Å². The Morgan fingerprint density at radius 2 is 2.18 bits per heavy atom. The molecule has 1 saturated heterocycles. The summed E-state index contributed by atoms with van der Waals surface area (Å²) in [5.74, 6) is 0.769. The zero-order valence-corrected chi connectivity index (χ0v) is 11.8. The van der Waals surface area contributed by atoms with E-state index in [-0.39, 0.29) is 17.9 Å². The first-order chi connectivity index (χ1) is 7.95. The van der Waals surface area contributed by atoms with Gasteiger partial charge in [0.2, 0.25) is 5.91 Å². The normalized spacial score (nSPS) is 27.3. The number of carbonyl (C=O) groups is 1. The van der Waals surface area contributed by atoms with Crippen molar-refractivity contribution >= 4 is 17.5 Å². The van der Waals surface area contributed by atoms with E-state index in [1.54, 1.807) is 0 Å².